The van der Waals surface area contributed by atoms with Crippen LogP contribution in [0.2, 0.25) is 0 Å². The number of aryl methyl sites for hydroxylation is 2. The highest BCUT2D eigenvalue weighted by Gasteiger charge is 2.36. The highest BCUT2D eigenvalue weighted by molar-refractivity contribution is 5.94. The topological polar surface area (TPSA) is 72.5 Å². The third kappa shape index (κ3) is 2.85. The summed E-state index contributed by atoms with van der Waals surface area (Å²) in [5.74, 6) is 0.523. The van der Waals surface area contributed by atoms with Crippen molar-refractivity contribution in [3.05, 3.63) is 36.4 Å². The first-order valence-corrected chi connectivity index (χ1v) is 7.35. The van der Waals surface area contributed by atoms with Gasteiger partial charge in [0.1, 0.15) is 12.2 Å². The van der Waals surface area contributed by atoms with Crippen molar-refractivity contribution in [1.29, 1.82) is 0 Å². The van der Waals surface area contributed by atoms with E-state index in [0.29, 0.717) is 17.9 Å². The van der Waals surface area contributed by atoms with E-state index in [9.17, 15) is 9.90 Å². The van der Waals surface area contributed by atoms with Gasteiger partial charge in [0.05, 0.1) is 31.0 Å². The lowest BCUT2D eigenvalue weighted by atomic mass is 10.2. The zero-order valence-corrected chi connectivity index (χ0v) is 12.7. The van der Waals surface area contributed by atoms with E-state index < -0.39 is 12.2 Å². The number of aromatic nitrogens is 3. The Labute approximate surface area is 128 Å². The minimum absolute atomic E-state index is 0.0880. The minimum Gasteiger partial charge on any atom is -0.482 e. The standard InChI is InChI=1S/C15H20N4O3/c1-3-19-8-12(6-16-19)22-14-10-18(9-13(14)20)15(21)11-4-5-17(2)7-11/h4-8,13-14,20H,3,9-10H2,1-2H3/t13-,14-/m1/s1. The number of aliphatic hydroxyl groups is 1. The molecule has 1 aliphatic heterocycles. The van der Waals surface area contributed by atoms with Gasteiger partial charge in [0.15, 0.2) is 5.75 Å². The predicted octanol–water partition coefficient (Wildman–Crippen LogP) is 0.506. The molecule has 1 fully saturated rings. The van der Waals surface area contributed by atoms with Gasteiger partial charge >= 0.3 is 0 Å². The number of β-amino-alcohol motifs (C(OH)–C–C–N with tert-alkyl or cyclic N) is 1. The number of rotatable bonds is 4. The van der Waals surface area contributed by atoms with Crippen molar-refractivity contribution in [3.63, 3.8) is 0 Å². The molecule has 7 heteroatoms. The monoisotopic (exact) mass is 304 g/mol. The molecule has 0 aromatic carbocycles. The maximum absolute atomic E-state index is 12.4. The summed E-state index contributed by atoms with van der Waals surface area (Å²) in [4.78, 5) is 14.0. The van der Waals surface area contributed by atoms with Gasteiger partial charge in [-0.15, -0.1) is 0 Å². The Hall–Kier alpha value is -2.28. The summed E-state index contributed by atoms with van der Waals surface area (Å²) < 4.78 is 9.34. The van der Waals surface area contributed by atoms with Crippen LogP contribution in [0.15, 0.2) is 30.9 Å². The molecule has 7 nitrogen and oxygen atoms in total. The molecular weight excluding hydrogens is 284 g/mol. The van der Waals surface area contributed by atoms with Crippen LogP contribution < -0.4 is 4.74 Å². The van der Waals surface area contributed by atoms with Gasteiger partial charge in [0.2, 0.25) is 0 Å². The van der Waals surface area contributed by atoms with Gasteiger partial charge in [-0.2, -0.15) is 5.10 Å². The van der Waals surface area contributed by atoms with Crippen LogP contribution >= 0.6 is 0 Å². The fourth-order valence-corrected chi connectivity index (χ4v) is 2.60. The summed E-state index contributed by atoms with van der Waals surface area (Å²) in [5, 5.41) is 14.3. The molecule has 1 aliphatic rings. The first-order chi connectivity index (χ1) is 10.6. The largest absolute Gasteiger partial charge is 0.482 e. The Morgan fingerprint density at radius 2 is 2.27 bits per heavy atom. The lowest BCUT2D eigenvalue weighted by Crippen LogP contribution is -2.31. The molecule has 3 rings (SSSR count). The highest BCUT2D eigenvalue weighted by atomic mass is 16.5. The Kier molecular flexibility index (Phi) is 3.89. The number of carbonyl (C=O) groups excluding carboxylic acids is 1. The van der Waals surface area contributed by atoms with Crippen molar-refractivity contribution in [3.8, 4) is 5.75 Å². The van der Waals surface area contributed by atoms with Crippen molar-refractivity contribution in [2.45, 2.75) is 25.7 Å². The zero-order valence-electron chi connectivity index (χ0n) is 12.7. The van der Waals surface area contributed by atoms with Crippen molar-refractivity contribution >= 4 is 5.91 Å². The van der Waals surface area contributed by atoms with Crippen LogP contribution in [0, 0.1) is 0 Å². The molecule has 3 heterocycles. The second-order valence-electron chi connectivity index (χ2n) is 5.53. The van der Waals surface area contributed by atoms with Crippen LogP contribution in [0.5, 0.6) is 5.75 Å². The number of nitrogens with zero attached hydrogens (tertiary/aromatic N) is 4. The van der Waals surface area contributed by atoms with E-state index in [0.717, 1.165) is 6.54 Å². The SMILES string of the molecule is CCn1cc(O[C@@H]2CN(C(=O)c3ccn(C)c3)C[C@H]2O)cn1. The summed E-state index contributed by atoms with van der Waals surface area (Å²) in [6, 6.07) is 1.77. The zero-order chi connectivity index (χ0) is 15.7. The normalized spacial score (nSPS) is 21.3. The number of likely N-dealkylation sites (tertiary alicyclic amines) is 1. The maximum atomic E-state index is 12.4. The van der Waals surface area contributed by atoms with Gasteiger partial charge in [0, 0.05) is 26.0 Å². The van der Waals surface area contributed by atoms with Crippen LogP contribution in [0.25, 0.3) is 0 Å². The number of amides is 1. The third-order valence-corrected chi connectivity index (χ3v) is 3.82. The van der Waals surface area contributed by atoms with Gasteiger partial charge in [-0.25, -0.2) is 0 Å². The molecule has 0 unspecified atom stereocenters. The molecule has 2 atom stereocenters. The van der Waals surface area contributed by atoms with Crippen molar-refractivity contribution in [1.82, 2.24) is 19.2 Å². The number of ether oxygens (including phenoxy) is 1. The summed E-state index contributed by atoms with van der Waals surface area (Å²) in [6.07, 6.45) is 5.88. The van der Waals surface area contributed by atoms with E-state index in [1.165, 1.54) is 0 Å². The molecule has 22 heavy (non-hydrogen) atoms. The lowest BCUT2D eigenvalue weighted by molar-refractivity contribution is 0.0729. The molecule has 0 radical (unpaired) electrons. The average Bonchev–Trinajstić information content (AvgIpc) is 3.20. The number of aliphatic hydroxyl groups excluding tert-OH is 1. The molecule has 118 valence electrons. The number of hydrogen-bond donors (Lipinski definition) is 1. The smallest absolute Gasteiger partial charge is 0.255 e. The Morgan fingerprint density at radius 1 is 1.45 bits per heavy atom. The van der Waals surface area contributed by atoms with E-state index in [1.54, 1.807) is 34.2 Å². The van der Waals surface area contributed by atoms with Gasteiger partial charge in [-0.1, -0.05) is 0 Å². The second-order valence-corrected chi connectivity index (χ2v) is 5.53. The first kappa shape index (κ1) is 14.6. The van der Waals surface area contributed by atoms with Crippen molar-refractivity contribution in [2.24, 2.45) is 7.05 Å². The van der Waals surface area contributed by atoms with Crippen LogP contribution in [-0.4, -0.2) is 55.6 Å². The summed E-state index contributed by atoms with van der Waals surface area (Å²) in [7, 11) is 1.87. The molecule has 0 saturated carbocycles. The van der Waals surface area contributed by atoms with E-state index in [1.807, 2.05) is 24.7 Å². The summed E-state index contributed by atoms with van der Waals surface area (Å²) in [5.41, 5.74) is 0.620. The van der Waals surface area contributed by atoms with Gasteiger partial charge < -0.3 is 19.3 Å². The Morgan fingerprint density at radius 3 is 2.91 bits per heavy atom. The third-order valence-electron chi connectivity index (χ3n) is 3.82. The quantitative estimate of drug-likeness (QED) is 0.893. The molecule has 1 N–H and O–H groups in total. The number of hydrogen-bond acceptors (Lipinski definition) is 4. The fourth-order valence-electron chi connectivity index (χ4n) is 2.60. The van der Waals surface area contributed by atoms with Gasteiger partial charge in [-0.05, 0) is 13.0 Å². The molecule has 1 saturated heterocycles. The lowest BCUT2D eigenvalue weighted by Gasteiger charge is -2.15. The van der Waals surface area contributed by atoms with E-state index in [4.69, 9.17) is 4.74 Å². The predicted molar refractivity (Wildman–Crippen MR) is 79.6 cm³/mol. The Bertz CT molecular complexity index is 663. The molecule has 1 amide bonds. The molecule has 2 aromatic heterocycles. The number of carbonyl (C=O) groups is 1. The summed E-state index contributed by atoms with van der Waals surface area (Å²) >= 11 is 0. The molecule has 0 bridgehead atoms. The minimum atomic E-state index is -0.697. The van der Waals surface area contributed by atoms with Crippen molar-refractivity contribution < 1.29 is 14.6 Å². The summed E-state index contributed by atoms with van der Waals surface area (Å²) in [6.45, 7) is 3.39. The molecule has 2 aromatic rings. The molecule has 0 spiro atoms. The van der Waals surface area contributed by atoms with Gasteiger partial charge in [-0.3, -0.25) is 9.48 Å². The average molecular weight is 304 g/mol. The molecule has 0 aliphatic carbocycles. The van der Waals surface area contributed by atoms with E-state index in [-0.39, 0.29) is 12.5 Å². The maximum Gasteiger partial charge on any atom is 0.255 e. The fraction of sp³-hybridized carbons (Fsp3) is 0.467. The van der Waals surface area contributed by atoms with Crippen LogP contribution in [0.1, 0.15) is 17.3 Å². The van der Waals surface area contributed by atoms with E-state index in [2.05, 4.69) is 5.10 Å². The van der Waals surface area contributed by atoms with Gasteiger partial charge in [0.25, 0.3) is 5.91 Å². The van der Waals surface area contributed by atoms with Crippen LogP contribution in [0.3, 0.4) is 0 Å². The second kappa shape index (κ2) is 5.84. The van der Waals surface area contributed by atoms with Crippen molar-refractivity contribution in [2.75, 3.05) is 13.1 Å². The van der Waals surface area contributed by atoms with Crippen LogP contribution in [-0.2, 0) is 13.6 Å². The highest BCUT2D eigenvalue weighted by Crippen LogP contribution is 2.20. The first-order valence-electron chi connectivity index (χ1n) is 7.35. The Balaban J connectivity index is 1.65. The molecular formula is C15H20N4O3. The van der Waals surface area contributed by atoms with E-state index >= 15 is 0 Å². The van der Waals surface area contributed by atoms with Crippen LogP contribution in [0.4, 0.5) is 0 Å².